The fourth-order valence-corrected chi connectivity index (χ4v) is 2.14. The van der Waals surface area contributed by atoms with Gasteiger partial charge in [0, 0.05) is 12.8 Å². The fraction of sp³-hybridized carbons (Fsp3) is 0.417. The van der Waals surface area contributed by atoms with Gasteiger partial charge in [-0.1, -0.05) is 30.3 Å². The number of amides is 1. The van der Waals surface area contributed by atoms with Gasteiger partial charge in [-0.3, -0.25) is 4.79 Å². The first kappa shape index (κ1) is 14.7. The van der Waals surface area contributed by atoms with Crippen LogP contribution in [0.5, 0.6) is 0 Å². The number of carbonyl (C=O) groups excluding carboxylic acids is 1. The third-order valence-corrected chi connectivity index (χ3v) is 3.46. The molecule has 0 heterocycles. The van der Waals surface area contributed by atoms with Gasteiger partial charge in [0.05, 0.1) is 5.75 Å². The normalized spacial score (nSPS) is 13.0. The van der Waals surface area contributed by atoms with Gasteiger partial charge in [-0.25, -0.2) is 8.42 Å². The Kier molecular flexibility index (Phi) is 5.30. The van der Waals surface area contributed by atoms with Gasteiger partial charge in [0.1, 0.15) is 15.9 Å². The van der Waals surface area contributed by atoms with E-state index in [0.29, 0.717) is 13.0 Å². The van der Waals surface area contributed by atoms with E-state index in [-0.39, 0.29) is 11.7 Å². The van der Waals surface area contributed by atoms with Crippen LogP contribution in [0, 0.1) is 0 Å². The van der Waals surface area contributed by atoms with Gasteiger partial charge >= 0.3 is 0 Å². The van der Waals surface area contributed by atoms with Crippen LogP contribution in [-0.2, 0) is 14.6 Å². The van der Waals surface area contributed by atoms with E-state index < -0.39 is 15.9 Å². The smallest absolute Gasteiger partial charge is 0.241 e. The molecule has 0 aliphatic heterocycles. The Labute approximate surface area is 107 Å². The fourth-order valence-electron chi connectivity index (χ4n) is 1.47. The van der Waals surface area contributed by atoms with Gasteiger partial charge in [-0.2, -0.15) is 0 Å². The molecule has 1 atom stereocenters. The van der Waals surface area contributed by atoms with Crippen LogP contribution in [0.3, 0.4) is 0 Å². The molecule has 0 bridgehead atoms. The van der Waals surface area contributed by atoms with E-state index in [1.165, 1.54) is 6.26 Å². The van der Waals surface area contributed by atoms with Crippen LogP contribution in [0.1, 0.15) is 18.0 Å². The standard InChI is InChI=1S/C12H18N2O3S/c1-18(16,17)9-5-8-14-12(15)11(13)10-6-3-2-4-7-10/h2-4,6-7,11H,5,8-9,13H2,1H3,(H,14,15). The lowest BCUT2D eigenvalue weighted by Crippen LogP contribution is -2.35. The summed E-state index contributed by atoms with van der Waals surface area (Å²) in [6.07, 6.45) is 1.57. The van der Waals surface area contributed by atoms with Gasteiger partial charge in [0.15, 0.2) is 0 Å². The number of sulfone groups is 1. The van der Waals surface area contributed by atoms with Crippen molar-refractivity contribution >= 4 is 15.7 Å². The molecule has 0 fully saturated rings. The molecule has 0 spiro atoms. The van der Waals surface area contributed by atoms with Crippen LogP contribution in [0.25, 0.3) is 0 Å². The molecule has 0 aliphatic carbocycles. The second kappa shape index (κ2) is 6.51. The Morgan fingerprint density at radius 2 is 1.94 bits per heavy atom. The number of carbonyl (C=O) groups is 1. The SMILES string of the molecule is CS(=O)(=O)CCCNC(=O)C(N)c1ccccc1. The van der Waals surface area contributed by atoms with Crippen molar-refractivity contribution < 1.29 is 13.2 Å². The summed E-state index contributed by atoms with van der Waals surface area (Å²) in [5.74, 6) is -0.233. The van der Waals surface area contributed by atoms with E-state index in [0.717, 1.165) is 5.56 Å². The highest BCUT2D eigenvalue weighted by molar-refractivity contribution is 7.90. The minimum Gasteiger partial charge on any atom is -0.354 e. The molecule has 5 nitrogen and oxygen atoms in total. The van der Waals surface area contributed by atoms with Crippen LogP contribution in [-0.4, -0.2) is 32.9 Å². The summed E-state index contributed by atoms with van der Waals surface area (Å²) in [5.41, 5.74) is 6.51. The first-order valence-electron chi connectivity index (χ1n) is 5.66. The van der Waals surface area contributed by atoms with Crippen molar-refractivity contribution in [1.29, 1.82) is 0 Å². The van der Waals surface area contributed by atoms with Crippen LogP contribution < -0.4 is 11.1 Å². The predicted molar refractivity (Wildman–Crippen MR) is 70.7 cm³/mol. The van der Waals surface area contributed by atoms with E-state index in [1.54, 1.807) is 12.1 Å². The number of nitrogens with two attached hydrogens (primary N) is 1. The molecule has 1 rings (SSSR count). The zero-order valence-corrected chi connectivity index (χ0v) is 11.1. The average Bonchev–Trinajstić information content (AvgIpc) is 2.33. The Morgan fingerprint density at radius 3 is 2.50 bits per heavy atom. The van der Waals surface area contributed by atoms with Gasteiger partial charge in [-0.15, -0.1) is 0 Å². The third-order valence-electron chi connectivity index (χ3n) is 2.43. The summed E-state index contributed by atoms with van der Waals surface area (Å²) in [7, 11) is -2.98. The molecule has 1 unspecified atom stereocenters. The molecule has 1 aromatic rings. The van der Waals surface area contributed by atoms with E-state index >= 15 is 0 Å². The summed E-state index contributed by atoms with van der Waals surface area (Å²) in [6.45, 7) is 0.312. The quantitative estimate of drug-likeness (QED) is 0.725. The Balaban J connectivity index is 2.38. The van der Waals surface area contributed by atoms with E-state index in [1.807, 2.05) is 18.2 Å². The molecule has 3 N–H and O–H groups in total. The molecule has 18 heavy (non-hydrogen) atoms. The van der Waals surface area contributed by atoms with Crippen molar-refractivity contribution in [2.24, 2.45) is 5.73 Å². The molecule has 6 heteroatoms. The van der Waals surface area contributed by atoms with Crippen molar-refractivity contribution in [3.8, 4) is 0 Å². The first-order valence-corrected chi connectivity index (χ1v) is 7.72. The molecule has 0 aromatic heterocycles. The maximum atomic E-state index is 11.7. The van der Waals surface area contributed by atoms with Crippen molar-refractivity contribution in [3.05, 3.63) is 35.9 Å². The number of hydrogen-bond donors (Lipinski definition) is 2. The van der Waals surface area contributed by atoms with Crippen molar-refractivity contribution in [2.45, 2.75) is 12.5 Å². The van der Waals surface area contributed by atoms with Crippen LogP contribution in [0.15, 0.2) is 30.3 Å². The zero-order valence-electron chi connectivity index (χ0n) is 10.3. The van der Waals surface area contributed by atoms with Gasteiger partial charge < -0.3 is 11.1 Å². The Bertz CT molecular complexity index is 485. The van der Waals surface area contributed by atoms with E-state index in [4.69, 9.17) is 5.73 Å². The van der Waals surface area contributed by atoms with Gasteiger partial charge in [0.25, 0.3) is 0 Å². The van der Waals surface area contributed by atoms with Crippen LogP contribution in [0.4, 0.5) is 0 Å². The lowest BCUT2D eigenvalue weighted by Gasteiger charge is -2.12. The lowest BCUT2D eigenvalue weighted by atomic mass is 10.1. The van der Waals surface area contributed by atoms with Crippen molar-refractivity contribution in [1.82, 2.24) is 5.32 Å². The Morgan fingerprint density at radius 1 is 1.33 bits per heavy atom. The summed E-state index contributed by atoms with van der Waals surface area (Å²) in [5, 5.41) is 2.63. The molecular formula is C12H18N2O3S. The number of benzene rings is 1. The number of rotatable bonds is 6. The minimum atomic E-state index is -2.98. The Hall–Kier alpha value is -1.40. The van der Waals surface area contributed by atoms with Gasteiger partial charge in [0.2, 0.25) is 5.91 Å². The highest BCUT2D eigenvalue weighted by Gasteiger charge is 2.14. The van der Waals surface area contributed by atoms with E-state index in [2.05, 4.69) is 5.32 Å². The molecule has 0 saturated carbocycles. The molecule has 0 aliphatic rings. The molecule has 1 aromatic carbocycles. The minimum absolute atomic E-state index is 0.0633. The third kappa shape index (κ3) is 5.29. The zero-order chi connectivity index (χ0) is 13.6. The average molecular weight is 270 g/mol. The summed E-state index contributed by atoms with van der Waals surface area (Å²) in [4.78, 5) is 11.7. The largest absolute Gasteiger partial charge is 0.354 e. The molecule has 0 radical (unpaired) electrons. The monoisotopic (exact) mass is 270 g/mol. The lowest BCUT2D eigenvalue weighted by molar-refractivity contribution is -0.122. The second-order valence-electron chi connectivity index (χ2n) is 4.16. The van der Waals surface area contributed by atoms with Crippen LogP contribution >= 0.6 is 0 Å². The van der Waals surface area contributed by atoms with E-state index in [9.17, 15) is 13.2 Å². The summed E-state index contributed by atoms with van der Waals surface area (Å²) in [6, 6.07) is 8.31. The number of hydrogen-bond acceptors (Lipinski definition) is 4. The molecule has 0 saturated heterocycles. The maximum absolute atomic E-state index is 11.7. The highest BCUT2D eigenvalue weighted by Crippen LogP contribution is 2.08. The summed E-state index contributed by atoms with van der Waals surface area (Å²) >= 11 is 0. The van der Waals surface area contributed by atoms with Crippen molar-refractivity contribution in [2.75, 3.05) is 18.6 Å². The molecule has 1 amide bonds. The predicted octanol–water partition coefficient (Wildman–Crippen LogP) is 0.237. The maximum Gasteiger partial charge on any atom is 0.241 e. The first-order chi connectivity index (χ1) is 8.40. The van der Waals surface area contributed by atoms with Gasteiger partial charge in [-0.05, 0) is 12.0 Å². The summed E-state index contributed by atoms with van der Waals surface area (Å²) < 4.78 is 21.8. The van der Waals surface area contributed by atoms with Crippen LogP contribution in [0.2, 0.25) is 0 Å². The molecular weight excluding hydrogens is 252 g/mol. The second-order valence-corrected chi connectivity index (χ2v) is 6.42. The molecule has 100 valence electrons. The van der Waals surface area contributed by atoms with Crippen molar-refractivity contribution in [3.63, 3.8) is 0 Å². The highest BCUT2D eigenvalue weighted by atomic mass is 32.2. The number of nitrogens with one attached hydrogen (secondary N) is 1. The topological polar surface area (TPSA) is 89.3 Å².